The Morgan fingerprint density at radius 2 is 1.16 bits per heavy atom. The molecule has 0 unspecified atom stereocenters. The second-order valence-corrected chi connectivity index (χ2v) is 7.86. The van der Waals surface area contributed by atoms with E-state index in [9.17, 15) is 0 Å². The molecule has 0 atom stereocenters. The maximum absolute atomic E-state index is 6.07. The first-order chi connectivity index (χ1) is 15.5. The molecular weight excluding hydrogens is 404 g/mol. The Kier molecular flexibility index (Phi) is 20.0. The second kappa shape index (κ2) is 21.7. The maximum atomic E-state index is 6.07. The zero-order valence-electron chi connectivity index (χ0n) is 20.4. The summed E-state index contributed by atoms with van der Waals surface area (Å²) in [6.07, 6.45) is 13.6. The van der Waals surface area contributed by atoms with Gasteiger partial charge in [0, 0.05) is 26.2 Å². The largest absolute Gasteiger partial charge is 0.370 e. The maximum Gasteiger partial charge on any atom is 0.218 e. The zero-order chi connectivity index (χ0) is 23.9. The van der Waals surface area contributed by atoms with Crippen molar-refractivity contribution in [2.75, 3.05) is 26.2 Å². The highest BCUT2D eigenvalue weighted by Crippen LogP contribution is 2.01. The Morgan fingerprint density at radius 3 is 1.75 bits per heavy atom. The van der Waals surface area contributed by atoms with Gasteiger partial charge in [0.05, 0.1) is 0 Å². The minimum atomic E-state index is -0.0771. The predicted octanol–water partition coefficient (Wildman–Crippen LogP) is 2.15. The molecule has 32 heavy (non-hydrogen) atoms. The van der Waals surface area contributed by atoms with Gasteiger partial charge >= 0.3 is 0 Å². The molecule has 186 valence electrons. The van der Waals surface area contributed by atoms with E-state index in [1.807, 2.05) is 0 Å². The summed E-state index contributed by atoms with van der Waals surface area (Å²) in [6.45, 7) is 7.41. The Hall–Kier alpha value is -2.52. The van der Waals surface area contributed by atoms with Gasteiger partial charge < -0.3 is 28.3 Å². The zero-order valence-corrected chi connectivity index (χ0v) is 20.4. The van der Waals surface area contributed by atoms with Gasteiger partial charge in [-0.25, -0.2) is 0 Å². The molecule has 0 bridgehead atoms. The molecule has 0 aromatic rings. The summed E-state index contributed by atoms with van der Waals surface area (Å²) < 4.78 is 0. The summed E-state index contributed by atoms with van der Waals surface area (Å²) in [7, 11) is 0. The van der Waals surface area contributed by atoms with Crippen LogP contribution in [0.25, 0.3) is 0 Å². The SMILES string of the molecule is CCCCCCN=C(NCCCCCC)NC(N)=NCCCCCCN=C(N)N=C(N)N. The fourth-order valence-corrected chi connectivity index (χ4v) is 2.93. The second-order valence-electron chi connectivity index (χ2n) is 7.86. The molecule has 0 aromatic heterocycles. The normalized spacial score (nSPS) is 12.6. The molecule has 0 radical (unpaired) electrons. The van der Waals surface area contributed by atoms with E-state index in [4.69, 9.17) is 22.9 Å². The third kappa shape index (κ3) is 20.7. The van der Waals surface area contributed by atoms with Crippen molar-refractivity contribution in [2.24, 2.45) is 42.9 Å². The molecule has 10 heteroatoms. The summed E-state index contributed by atoms with van der Waals surface area (Å²) in [5.41, 5.74) is 22.1. The predicted molar refractivity (Wildman–Crippen MR) is 139 cm³/mol. The molecule has 0 aliphatic rings. The summed E-state index contributed by atoms with van der Waals surface area (Å²) >= 11 is 0. The number of unbranched alkanes of at least 4 members (excludes halogenated alkanes) is 9. The number of hydrogen-bond donors (Lipinski definition) is 6. The Balaban J connectivity index is 4.22. The van der Waals surface area contributed by atoms with Crippen molar-refractivity contribution >= 4 is 23.8 Å². The number of rotatable bonds is 17. The van der Waals surface area contributed by atoms with E-state index in [0.717, 1.165) is 57.6 Å². The minimum Gasteiger partial charge on any atom is -0.370 e. The molecule has 0 fully saturated rings. The van der Waals surface area contributed by atoms with Crippen LogP contribution in [0.3, 0.4) is 0 Å². The van der Waals surface area contributed by atoms with Gasteiger partial charge in [-0.3, -0.25) is 20.3 Å². The van der Waals surface area contributed by atoms with Crippen LogP contribution in [0.4, 0.5) is 0 Å². The van der Waals surface area contributed by atoms with Crippen molar-refractivity contribution in [1.29, 1.82) is 0 Å². The summed E-state index contributed by atoms with van der Waals surface area (Å²) in [6, 6.07) is 0. The highest BCUT2D eigenvalue weighted by Gasteiger charge is 2.01. The van der Waals surface area contributed by atoms with Gasteiger partial charge in [0.15, 0.2) is 17.9 Å². The molecule has 0 aliphatic carbocycles. The van der Waals surface area contributed by atoms with Gasteiger partial charge in [-0.05, 0) is 25.7 Å². The van der Waals surface area contributed by atoms with Crippen molar-refractivity contribution < 1.29 is 0 Å². The van der Waals surface area contributed by atoms with Gasteiger partial charge in [-0.2, -0.15) is 4.99 Å². The van der Waals surface area contributed by atoms with Gasteiger partial charge in [-0.1, -0.05) is 65.2 Å². The lowest BCUT2D eigenvalue weighted by atomic mass is 10.2. The first-order valence-electron chi connectivity index (χ1n) is 12.2. The van der Waals surface area contributed by atoms with E-state index in [0.29, 0.717) is 19.0 Å². The standard InChI is InChI=1S/C22H48N10/c1-3-5-7-11-17-29-22(30-18-12-8-6-4-2)32-21(26)28-16-14-10-9-13-15-27-20(25)31-19(23)24/h3-18H2,1-2H3,(H6,23,24,25,27,31)(H4,26,28,29,30,32). The molecule has 0 amide bonds. The Bertz CT molecular complexity index is 565. The molecule has 0 heterocycles. The number of nitrogens with two attached hydrogens (primary N) is 4. The van der Waals surface area contributed by atoms with Crippen LogP contribution in [-0.2, 0) is 0 Å². The Morgan fingerprint density at radius 1 is 0.625 bits per heavy atom. The van der Waals surface area contributed by atoms with Crippen LogP contribution in [0.2, 0.25) is 0 Å². The first-order valence-corrected chi connectivity index (χ1v) is 12.2. The van der Waals surface area contributed by atoms with Crippen LogP contribution in [0.1, 0.15) is 90.9 Å². The summed E-state index contributed by atoms with van der Waals surface area (Å²) in [5, 5.41) is 6.52. The quantitative estimate of drug-likeness (QED) is 0.112. The van der Waals surface area contributed by atoms with Crippen molar-refractivity contribution in [3.63, 3.8) is 0 Å². The Labute approximate surface area is 194 Å². The van der Waals surface area contributed by atoms with E-state index in [1.54, 1.807) is 0 Å². The van der Waals surface area contributed by atoms with E-state index >= 15 is 0 Å². The lowest BCUT2D eigenvalue weighted by molar-refractivity contribution is 0.646. The lowest BCUT2D eigenvalue weighted by Gasteiger charge is -2.12. The molecule has 0 rings (SSSR count). The van der Waals surface area contributed by atoms with E-state index < -0.39 is 0 Å². The van der Waals surface area contributed by atoms with Crippen LogP contribution in [-0.4, -0.2) is 50.0 Å². The van der Waals surface area contributed by atoms with Gasteiger partial charge in [0.25, 0.3) is 0 Å². The number of nitrogens with zero attached hydrogens (tertiary/aromatic N) is 4. The van der Waals surface area contributed by atoms with Crippen molar-refractivity contribution in [2.45, 2.75) is 90.9 Å². The van der Waals surface area contributed by atoms with Crippen LogP contribution in [0.5, 0.6) is 0 Å². The highest BCUT2D eigenvalue weighted by molar-refractivity contribution is 5.97. The van der Waals surface area contributed by atoms with Crippen molar-refractivity contribution in [3.8, 4) is 0 Å². The average molecular weight is 453 g/mol. The fourth-order valence-electron chi connectivity index (χ4n) is 2.93. The number of aliphatic imine (C=N–C) groups is 4. The van der Waals surface area contributed by atoms with Crippen LogP contribution in [0.15, 0.2) is 20.0 Å². The van der Waals surface area contributed by atoms with E-state index in [1.165, 1.54) is 38.5 Å². The van der Waals surface area contributed by atoms with E-state index in [-0.39, 0.29) is 11.9 Å². The summed E-state index contributed by atoms with van der Waals surface area (Å²) in [5.74, 6) is 1.19. The van der Waals surface area contributed by atoms with Crippen molar-refractivity contribution in [3.05, 3.63) is 0 Å². The van der Waals surface area contributed by atoms with Crippen LogP contribution >= 0.6 is 0 Å². The highest BCUT2D eigenvalue weighted by atomic mass is 15.2. The molecule has 10 N–H and O–H groups in total. The van der Waals surface area contributed by atoms with Crippen LogP contribution < -0.4 is 33.6 Å². The number of nitrogens with one attached hydrogen (secondary N) is 2. The average Bonchev–Trinajstić information content (AvgIpc) is 2.74. The van der Waals surface area contributed by atoms with Crippen molar-refractivity contribution in [1.82, 2.24) is 10.6 Å². The molecule has 0 spiro atoms. The lowest BCUT2D eigenvalue weighted by Crippen LogP contribution is -2.45. The van der Waals surface area contributed by atoms with Gasteiger partial charge in [0.2, 0.25) is 5.96 Å². The smallest absolute Gasteiger partial charge is 0.218 e. The number of guanidine groups is 4. The minimum absolute atomic E-state index is 0.0771. The van der Waals surface area contributed by atoms with Gasteiger partial charge in [0.1, 0.15) is 0 Å². The first kappa shape index (κ1) is 29.5. The molecule has 0 saturated carbocycles. The third-order valence-electron chi connectivity index (χ3n) is 4.72. The molecule has 0 saturated heterocycles. The monoisotopic (exact) mass is 452 g/mol. The third-order valence-corrected chi connectivity index (χ3v) is 4.72. The topological polar surface area (TPSA) is 178 Å². The molecule has 10 nitrogen and oxygen atoms in total. The molecule has 0 aliphatic heterocycles. The molecular formula is C22H48N10. The van der Waals surface area contributed by atoms with Gasteiger partial charge in [-0.15, -0.1) is 0 Å². The number of hydrogen-bond acceptors (Lipinski definition) is 3. The summed E-state index contributed by atoms with van der Waals surface area (Å²) in [4.78, 5) is 16.8. The van der Waals surface area contributed by atoms with Crippen LogP contribution in [0, 0.1) is 0 Å². The van der Waals surface area contributed by atoms with E-state index in [2.05, 4.69) is 44.5 Å². The fraction of sp³-hybridized carbons (Fsp3) is 0.818. The molecule has 0 aromatic carbocycles.